The molecule has 0 spiro atoms. The van der Waals surface area contributed by atoms with Crippen molar-refractivity contribution in [2.24, 2.45) is 0 Å². The molecule has 1 rings (SSSR count). The molecule has 0 saturated heterocycles. The predicted octanol–water partition coefficient (Wildman–Crippen LogP) is 0.981. The van der Waals surface area contributed by atoms with Crippen molar-refractivity contribution < 1.29 is 10.2 Å². The minimum absolute atomic E-state index is 0.125. The standard InChI is InChI=1S/C7H9N.C2H6O2/c8-6-7-4-2-1-3-5-7;3-1-2-4/h4H,1-3,5H2;3-4H,1-2H2. The van der Waals surface area contributed by atoms with Gasteiger partial charge in [-0.1, -0.05) is 6.08 Å². The van der Waals surface area contributed by atoms with E-state index in [2.05, 4.69) is 6.07 Å². The Bertz CT molecular complexity index is 168. The Morgan fingerprint density at radius 1 is 1.33 bits per heavy atom. The maximum Gasteiger partial charge on any atom is 0.0943 e. The third-order valence-electron chi connectivity index (χ3n) is 1.53. The number of aliphatic hydroxyl groups is 2. The van der Waals surface area contributed by atoms with Gasteiger partial charge in [-0.2, -0.15) is 5.26 Å². The third kappa shape index (κ3) is 5.90. The molecule has 0 fully saturated rings. The summed E-state index contributed by atoms with van der Waals surface area (Å²) in [6, 6.07) is 2.16. The van der Waals surface area contributed by atoms with E-state index in [9.17, 15) is 0 Å². The molecule has 68 valence electrons. The Kier molecular flexibility index (Phi) is 7.66. The first-order chi connectivity index (χ1) is 5.85. The van der Waals surface area contributed by atoms with Gasteiger partial charge in [0, 0.05) is 5.57 Å². The molecule has 0 aromatic heterocycles. The molecule has 2 N–H and O–H groups in total. The van der Waals surface area contributed by atoms with Gasteiger partial charge in [-0.05, 0) is 25.7 Å². The van der Waals surface area contributed by atoms with E-state index < -0.39 is 0 Å². The first kappa shape index (κ1) is 11.2. The van der Waals surface area contributed by atoms with E-state index in [1.165, 1.54) is 12.8 Å². The smallest absolute Gasteiger partial charge is 0.0943 e. The van der Waals surface area contributed by atoms with Gasteiger partial charge in [0.05, 0.1) is 19.3 Å². The van der Waals surface area contributed by atoms with E-state index in [0.717, 1.165) is 18.4 Å². The van der Waals surface area contributed by atoms with Crippen LogP contribution in [0.3, 0.4) is 0 Å². The molecule has 3 nitrogen and oxygen atoms in total. The van der Waals surface area contributed by atoms with Crippen LogP contribution in [0, 0.1) is 11.3 Å². The number of rotatable bonds is 1. The Hall–Kier alpha value is -0.850. The summed E-state index contributed by atoms with van der Waals surface area (Å²) in [4.78, 5) is 0. The van der Waals surface area contributed by atoms with Crippen molar-refractivity contribution in [1.29, 1.82) is 5.26 Å². The lowest BCUT2D eigenvalue weighted by Crippen LogP contribution is -1.87. The fourth-order valence-electron chi connectivity index (χ4n) is 0.940. The zero-order valence-corrected chi connectivity index (χ0v) is 7.16. The summed E-state index contributed by atoms with van der Waals surface area (Å²) < 4.78 is 0. The van der Waals surface area contributed by atoms with Gasteiger partial charge in [-0.25, -0.2) is 0 Å². The van der Waals surface area contributed by atoms with Gasteiger partial charge >= 0.3 is 0 Å². The van der Waals surface area contributed by atoms with Crippen LogP contribution in [0.2, 0.25) is 0 Å². The molecular formula is C9H15NO2. The second-order valence-corrected chi connectivity index (χ2v) is 2.53. The molecule has 0 aliphatic heterocycles. The third-order valence-corrected chi connectivity index (χ3v) is 1.53. The topological polar surface area (TPSA) is 64.2 Å². The molecule has 0 unspecified atom stereocenters. The van der Waals surface area contributed by atoms with E-state index >= 15 is 0 Å². The van der Waals surface area contributed by atoms with E-state index in [1.54, 1.807) is 0 Å². The van der Waals surface area contributed by atoms with E-state index in [-0.39, 0.29) is 13.2 Å². The number of allylic oxidation sites excluding steroid dienone is 2. The van der Waals surface area contributed by atoms with E-state index in [4.69, 9.17) is 15.5 Å². The first-order valence-corrected chi connectivity index (χ1v) is 4.16. The Morgan fingerprint density at radius 2 is 2.00 bits per heavy atom. The molecule has 3 heteroatoms. The van der Waals surface area contributed by atoms with Gasteiger partial charge in [0.2, 0.25) is 0 Å². The molecule has 12 heavy (non-hydrogen) atoms. The summed E-state index contributed by atoms with van der Waals surface area (Å²) in [5, 5.41) is 23.6. The minimum atomic E-state index is -0.125. The van der Waals surface area contributed by atoms with Crippen LogP contribution in [0.15, 0.2) is 11.6 Å². The molecule has 1 aliphatic rings. The molecule has 0 bridgehead atoms. The van der Waals surface area contributed by atoms with Crippen LogP contribution in [0.4, 0.5) is 0 Å². The summed E-state index contributed by atoms with van der Waals surface area (Å²) in [5.41, 5.74) is 0.983. The highest BCUT2D eigenvalue weighted by Crippen LogP contribution is 2.15. The van der Waals surface area contributed by atoms with Gasteiger partial charge in [0.15, 0.2) is 0 Å². The number of nitrogens with zero attached hydrogens (tertiary/aromatic N) is 1. The van der Waals surface area contributed by atoms with Crippen molar-refractivity contribution >= 4 is 0 Å². The van der Waals surface area contributed by atoms with Gasteiger partial charge in [0.25, 0.3) is 0 Å². The maximum absolute atomic E-state index is 8.37. The summed E-state index contributed by atoms with van der Waals surface area (Å²) in [6.07, 6.45) is 6.65. The average molecular weight is 169 g/mol. The molecule has 0 aromatic carbocycles. The second kappa shape index (κ2) is 8.25. The predicted molar refractivity (Wildman–Crippen MR) is 46.3 cm³/mol. The van der Waals surface area contributed by atoms with Crippen molar-refractivity contribution in [2.75, 3.05) is 13.2 Å². The van der Waals surface area contributed by atoms with Crippen LogP contribution < -0.4 is 0 Å². The van der Waals surface area contributed by atoms with Crippen LogP contribution in [0.5, 0.6) is 0 Å². The highest BCUT2D eigenvalue weighted by molar-refractivity contribution is 5.21. The van der Waals surface area contributed by atoms with E-state index in [1.807, 2.05) is 6.08 Å². The van der Waals surface area contributed by atoms with Crippen molar-refractivity contribution in [2.45, 2.75) is 25.7 Å². The molecule has 0 atom stereocenters. The second-order valence-electron chi connectivity index (χ2n) is 2.53. The summed E-state index contributed by atoms with van der Waals surface area (Å²) in [6.45, 7) is -0.250. The Labute approximate surface area is 73.0 Å². The maximum atomic E-state index is 8.37. The monoisotopic (exact) mass is 169 g/mol. The number of nitriles is 1. The van der Waals surface area contributed by atoms with Crippen LogP contribution in [0.1, 0.15) is 25.7 Å². The molecular weight excluding hydrogens is 154 g/mol. The lowest BCUT2D eigenvalue weighted by Gasteiger charge is -2.03. The van der Waals surface area contributed by atoms with E-state index in [0.29, 0.717) is 0 Å². The Morgan fingerprint density at radius 3 is 2.25 bits per heavy atom. The fourth-order valence-corrected chi connectivity index (χ4v) is 0.940. The average Bonchev–Trinajstić information content (AvgIpc) is 2.19. The van der Waals surface area contributed by atoms with Crippen LogP contribution in [0.25, 0.3) is 0 Å². The summed E-state index contributed by atoms with van der Waals surface area (Å²) in [7, 11) is 0. The van der Waals surface area contributed by atoms with Crippen LogP contribution in [-0.2, 0) is 0 Å². The first-order valence-electron chi connectivity index (χ1n) is 4.16. The molecule has 0 saturated carbocycles. The molecule has 0 radical (unpaired) electrons. The van der Waals surface area contributed by atoms with Crippen molar-refractivity contribution in [3.8, 4) is 6.07 Å². The summed E-state index contributed by atoms with van der Waals surface area (Å²) >= 11 is 0. The van der Waals surface area contributed by atoms with Gasteiger partial charge in [0.1, 0.15) is 0 Å². The number of hydrogen-bond donors (Lipinski definition) is 2. The fraction of sp³-hybridized carbons (Fsp3) is 0.667. The zero-order chi connectivity index (χ0) is 9.23. The zero-order valence-electron chi connectivity index (χ0n) is 7.16. The minimum Gasteiger partial charge on any atom is -0.394 e. The van der Waals surface area contributed by atoms with Gasteiger partial charge < -0.3 is 10.2 Å². The summed E-state index contributed by atoms with van der Waals surface area (Å²) in [5.74, 6) is 0. The molecule has 0 heterocycles. The van der Waals surface area contributed by atoms with Crippen LogP contribution >= 0.6 is 0 Å². The quantitative estimate of drug-likeness (QED) is 0.615. The van der Waals surface area contributed by atoms with Gasteiger partial charge in [-0.15, -0.1) is 0 Å². The molecule has 1 aliphatic carbocycles. The SMILES string of the molecule is N#CC1=CCCCC1.OCCO. The Balaban J connectivity index is 0.000000261. The highest BCUT2D eigenvalue weighted by Gasteiger charge is 1.99. The highest BCUT2D eigenvalue weighted by atomic mass is 16.3. The largest absolute Gasteiger partial charge is 0.394 e. The van der Waals surface area contributed by atoms with Crippen LogP contribution in [-0.4, -0.2) is 23.4 Å². The normalized spacial score (nSPS) is 15.2. The van der Waals surface area contributed by atoms with Crippen molar-refractivity contribution in [3.05, 3.63) is 11.6 Å². The number of aliphatic hydroxyl groups excluding tert-OH is 2. The lowest BCUT2D eigenvalue weighted by atomic mass is 10.0. The molecule has 0 aromatic rings. The lowest BCUT2D eigenvalue weighted by molar-refractivity contribution is 0.186. The van der Waals surface area contributed by atoms with Crippen molar-refractivity contribution in [3.63, 3.8) is 0 Å². The molecule has 0 amide bonds. The van der Waals surface area contributed by atoms with Crippen molar-refractivity contribution in [1.82, 2.24) is 0 Å². The van der Waals surface area contributed by atoms with Gasteiger partial charge in [-0.3, -0.25) is 0 Å². The number of hydrogen-bond acceptors (Lipinski definition) is 3.